The highest BCUT2D eigenvalue weighted by atomic mass is 19.4. The quantitative estimate of drug-likeness (QED) is 0.386. The van der Waals surface area contributed by atoms with Gasteiger partial charge < -0.3 is 10.2 Å². The molecule has 0 saturated heterocycles. The highest BCUT2D eigenvalue weighted by molar-refractivity contribution is 6.04. The first-order valence-corrected chi connectivity index (χ1v) is 12.8. The van der Waals surface area contributed by atoms with Crippen LogP contribution < -0.4 is 15.1 Å². The van der Waals surface area contributed by atoms with Gasteiger partial charge in [0.2, 0.25) is 0 Å². The average molecular weight is 511 g/mol. The maximum atomic E-state index is 13.9. The number of anilines is 3. The van der Waals surface area contributed by atoms with Crippen LogP contribution in [0.3, 0.4) is 0 Å². The molecule has 2 heterocycles. The van der Waals surface area contributed by atoms with Crippen LogP contribution in [0.4, 0.5) is 35.2 Å². The Morgan fingerprint density at radius 1 is 1.03 bits per heavy atom. The van der Waals surface area contributed by atoms with Crippen LogP contribution in [0.2, 0.25) is 0 Å². The number of fused-ring (bicyclic) bond motifs is 1. The van der Waals surface area contributed by atoms with Crippen LogP contribution in [0.15, 0.2) is 54.6 Å². The first kappa shape index (κ1) is 26.5. The molecule has 0 radical (unpaired) electrons. The summed E-state index contributed by atoms with van der Waals surface area (Å²) in [6.45, 7) is 9.58. The van der Waals surface area contributed by atoms with E-state index >= 15 is 0 Å². The second-order valence-electron chi connectivity index (χ2n) is 9.29. The Labute approximate surface area is 216 Å². The van der Waals surface area contributed by atoms with Crippen LogP contribution in [-0.4, -0.2) is 30.1 Å². The van der Waals surface area contributed by atoms with E-state index in [1.807, 2.05) is 38.1 Å². The fourth-order valence-electron chi connectivity index (χ4n) is 4.88. The number of urea groups is 1. The number of aryl methyl sites for hydroxylation is 2. The third-order valence-electron chi connectivity index (χ3n) is 7.00. The number of alkyl halides is 3. The van der Waals surface area contributed by atoms with E-state index in [0.29, 0.717) is 17.1 Å². The van der Waals surface area contributed by atoms with Crippen LogP contribution in [0.1, 0.15) is 50.8 Å². The van der Waals surface area contributed by atoms with Crippen molar-refractivity contribution in [3.8, 4) is 11.3 Å². The van der Waals surface area contributed by atoms with Gasteiger partial charge in [0.15, 0.2) is 5.82 Å². The molecule has 1 N–H and O–H groups in total. The summed E-state index contributed by atoms with van der Waals surface area (Å²) in [6.07, 6.45) is -2.17. The predicted octanol–water partition coefficient (Wildman–Crippen LogP) is 7.55. The number of nitrogens with zero attached hydrogens (tertiary/aromatic N) is 3. The third kappa shape index (κ3) is 5.43. The number of carbonyl (C=O) groups excluding carboxylic acids is 1. The number of hydrogen-bond acceptors (Lipinski definition) is 3. The Balaban J connectivity index is 1.81. The molecule has 0 fully saturated rings. The van der Waals surface area contributed by atoms with Crippen LogP contribution in [0.5, 0.6) is 0 Å². The average Bonchev–Trinajstić information content (AvgIpc) is 3.03. The molecule has 5 nitrogen and oxygen atoms in total. The van der Waals surface area contributed by atoms with Crippen molar-refractivity contribution >= 4 is 23.2 Å². The summed E-state index contributed by atoms with van der Waals surface area (Å²) in [5.41, 5.74) is 3.71. The van der Waals surface area contributed by atoms with E-state index in [2.05, 4.69) is 24.1 Å². The summed E-state index contributed by atoms with van der Waals surface area (Å²) < 4.78 is 40.1. The summed E-state index contributed by atoms with van der Waals surface area (Å²) in [4.78, 5) is 22.5. The maximum absolute atomic E-state index is 13.9. The first-order chi connectivity index (χ1) is 17.7. The summed E-state index contributed by atoms with van der Waals surface area (Å²) in [7, 11) is 0. The Bertz CT molecular complexity index is 1250. The smallest absolute Gasteiger partial charge is 0.369 e. The Hall–Kier alpha value is -3.55. The molecule has 196 valence electrons. The normalized spacial score (nSPS) is 15.8. The van der Waals surface area contributed by atoms with E-state index in [4.69, 9.17) is 4.98 Å². The number of benzene rings is 2. The van der Waals surface area contributed by atoms with Crippen LogP contribution in [0, 0.1) is 0 Å². The minimum Gasteiger partial charge on any atom is -0.369 e. The minimum absolute atomic E-state index is 0.168. The van der Waals surface area contributed by atoms with Crippen molar-refractivity contribution in [3.05, 3.63) is 71.3 Å². The second kappa shape index (κ2) is 10.8. The molecule has 3 aromatic rings. The molecule has 1 aliphatic rings. The lowest BCUT2D eigenvalue weighted by molar-refractivity contribution is -0.137. The molecular formula is C29H33F3N4O. The molecule has 8 heteroatoms. The minimum atomic E-state index is -4.45. The van der Waals surface area contributed by atoms with Crippen LogP contribution >= 0.6 is 0 Å². The molecule has 2 aromatic carbocycles. The van der Waals surface area contributed by atoms with Gasteiger partial charge in [-0.15, -0.1) is 0 Å². The largest absolute Gasteiger partial charge is 0.416 e. The van der Waals surface area contributed by atoms with Crippen molar-refractivity contribution in [2.75, 3.05) is 28.2 Å². The van der Waals surface area contributed by atoms with E-state index in [-0.39, 0.29) is 12.1 Å². The van der Waals surface area contributed by atoms with Crippen molar-refractivity contribution in [3.63, 3.8) is 0 Å². The van der Waals surface area contributed by atoms with Crippen molar-refractivity contribution in [2.24, 2.45) is 0 Å². The van der Waals surface area contributed by atoms with E-state index in [1.165, 1.54) is 6.07 Å². The fourth-order valence-corrected chi connectivity index (χ4v) is 4.88. The van der Waals surface area contributed by atoms with Gasteiger partial charge in [-0.2, -0.15) is 13.2 Å². The van der Waals surface area contributed by atoms with E-state index in [9.17, 15) is 18.0 Å². The number of pyridine rings is 1. The molecule has 1 aliphatic heterocycles. The molecule has 1 aromatic heterocycles. The SMILES string of the molecule is CCc1cccc(CC)c1NC(=O)N1c2nc(-c3cccc(C(F)(F)F)c3)ccc2N(CC)CC[C@H]1C. The van der Waals surface area contributed by atoms with Crippen LogP contribution in [-0.2, 0) is 19.0 Å². The maximum Gasteiger partial charge on any atom is 0.416 e. The van der Waals surface area contributed by atoms with E-state index < -0.39 is 11.7 Å². The molecule has 37 heavy (non-hydrogen) atoms. The highest BCUT2D eigenvalue weighted by Crippen LogP contribution is 2.37. The van der Waals surface area contributed by atoms with Gasteiger partial charge in [-0.05, 0) is 68.5 Å². The Morgan fingerprint density at radius 2 is 1.70 bits per heavy atom. The third-order valence-corrected chi connectivity index (χ3v) is 7.00. The number of aromatic nitrogens is 1. The summed E-state index contributed by atoms with van der Waals surface area (Å²) in [5.74, 6) is 0.450. The second-order valence-corrected chi connectivity index (χ2v) is 9.29. The molecule has 0 spiro atoms. The molecule has 2 amide bonds. The molecule has 1 atom stereocenters. The van der Waals surface area contributed by atoms with Crippen molar-refractivity contribution in [1.82, 2.24) is 4.98 Å². The lowest BCUT2D eigenvalue weighted by Crippen LogP contribution is -2.42. The van der Waals surface area contributed by atoms with Gasteiger partial charge in [0.25, 0.3) is 0 Å². The molecule has 0 bridgehead atoms. The number of carbonyl (C=O) groups is 1. The molecule has 0 saturated carbocycles. The summed E-state index contributed by atoms with van der Waals surface area (Å²) >= 11 is 0. The number of nitrogens with one attached hydrogen (secondary N) is 1. The van der Waals surface area contributed by atoms with Crippen LogP contribution in [0.25, 0.3) is 11.3 Å². The lowest BCUT2D eigenvalue weighted by atomic mass is 10.0. The number of halogens is 3. The zero-order valence-corrected chi connectivity index (χ0v) is 21.7. The first-order valence-electron chi connectivity index (χ1n) is 12.8. The standard InChI is InChI=1S/C29H33F3N4O/c1-5-20-10-8-11-21(6-2)26(20)34-28(37)36-19(4)16-17-35(7-3)25-15-14-24(33-27(25)36)22-12-9-13-23(18-22)29(30,31)32/h8-15,18-19H,5-7,16-17H2,1-4H3,(H,34,37)/t19-/m1/s1. The molecular weight excluding hydrogens is 477 g/mol. The topological polar surface area (TPSA) is 48.5 Å². The number of hydrogen-bond donors (Lipinski definition) is 1. The van der Waals surface area contributed by atoms with Gasteiger partial charge in [-0.1, -0.05) is 44.2 Å². The van der Waals surface area contributed by atoms with Gasteiger partial charge in [0.1, 0.15) is 0 Å². The monoisotopic (exact) mass is 510 g/mol. The fraction of sp³-hybridized carbons (Fsp3) is 0.379. The van der Waals surface area contributed by atoms with Crippen molar-refractivity contribution < 1.29 is 18.0 Å². The Morgan fingerprint density at radius 3 is 2.32 bits per heavy atom. The highest BCUT2D eigenvalue weighted by Gasteiger charge is 2.33. The van der Waals surface area contributed by atoms with Gasteiger partial charge in [0.05, 0.1) is 16.9 Å². The Kier molecular flexibility index (Phi) is 7.76. The van der Waals surface area contributed by atoms with E-state index in [0.717, 1.165) is 67.0 Å². The summed E-state index contributed by atoms with van der Waals surface area (Å²) in [5, 5.41) is 3.15. The predicted molar refractivity (Wildman–Crippen MR) is 143 cm³/mol. The zero-order valence-electron chi connectivity index (χ0n) is 21.7. The molecule has 0 aliphatic carbocycles. The van der Waals surface area contributed by atoms with Crippen molar-refractivity contribution in [2.45, 2.75) is 59.2 Å². The van der Waals surface area contributed by atoms with Gasteiger partial charge in [-0.3, -0.25) is 4.90 Å². The zero-order chi connectivity index (χ0) is 26.7. The number of rotatable bonds is 5. The van der Waals surface area contributed by atoms with Gasteiger partial charge in [-0.25, -0.2) is 9.78 Å². The van der Waals surface area contributed by atoms with Gasteiger partial charge in [0, 0.05) is 30.4 Å². The van der Waals surface area contributed by atoms with Gasteiger partial charge >= 0.3 is 12.2 Å². The number of para-hydroxylation sites is 1. The molecule has 4 rings (SSSR count). The lowest BCUT2D eigenvalue weighted by Gasteiger charge is -2.29. The molecule has 0 unspecified atom stereocenters. The van der Waals surface area contributed by atoms with E-state index in [1.54, 1.807) is 17.0 Å². The van der Waals surface area contributed by atoms with Crippen molar-refractivity contribution in [1.29, 1.82) is 0 Å². The summed E-state index contributed by atoms with van der Waals surface area (Å²) in [6, 6.07) is 14.3. The number of amides is 2.